The topological polar surface area (TPSA) is 75.3 Å². The van der Waals surface area contributed by atoms with Gasteiger partial charge in [-0.2, -0.15) is 0 Å². The highest BCUT2D eigenvalue weighted by Crippen LogP contribution is 2.16. The molecule has 1 rings (SSSR count). The number of hydrogen-bond acceptors (Lipinski definition) is 3. The van der Waals surface area contributed by atoms with Crippen LogP contribution in [-0.2, 0) is 4.79 Å². The molecule has 1 saturated carbocycles. The Labute approximate surface area is 78.5 Å². The molecule has 4 N–H and O–H groups in total. The van der Waals surface area contributed by atoms with Crippen LogP contribution in [-0.4, -0.2) is 29.2 Å². The molecule has 1 amide bonds. The fraction of sp³-hybridized carbons (Fsp3) is 0.889. The molecule has 0 saturated heterocycles. The van der Waals surface area contributed by atoms with Crippen LogP contribution in [0.15, 0.2) is 0 Å². The van der Waals surface area contributed by atoms with E-state index in [9.17, 15) is 4.79 Å². The van der Waals surface area contributed by atoms with E-state index in [0.717, 1.165) is 25.7 Å². The molecule has 0 aliphatic heterocycles. The van der Waals surface area contributed by atoms with Gasteiger partial charge in [-0.25, -0.2) is 0 Å². The summed E-state index contributed by atoms with van der Waals surface area (Å²) in [7, 11) is 0. The summed E-state index contributed by atoms with van der Waals surface area (Å²) in [5.41, 5.74) is 5.73. The number of rotatable bonds is 2. The Morgan fingerprint density at radius 2 is 2.00 bits per heavy atom. The highest BCUT2D eigenvalue weighted by atomic mass is 16.3. The molecule has 0 spiro atoms. The Bertz CT molecular complexity index is 174. The fourth-order valence-corrected chi connectivity index (χ4v) is 1.59. The van der Waals surface area contributed by atoms with Crippen LogP contribution in [0.4, 0.5) is 0 Å². The molecule has 0 aromatic heterocycles. The lowest BCUT2D eigenvalue weighted by molar-refractivity contribution is -0.129. The molecule has 0 aromatic carbocycles. The molecule has 1 aliphatic carbocycles. The highest BCUT2D eigenvalue weighted by Gasteiger charge is 2.21. The number of hydrogen-bond donors (Lipinski definition) is 3. The Hall–Kier alpha value is -0.610. The van der Waals surface area contributed by atoms with Gasteiger partial charge in [-0.05, 0) is 32.6 Å². The summed E-state index contributed by atoms with van der Waals surface area (Å²) in [4.78, 5) is 11.1. The van der Waals surface area contributed by atoms with Gasteiger partial charge in [-0.1, -0.05) is 0 Å². The minimum absolute atomic E-state index is 0.210. The van der Waals surface area contributed by atoms with Crippen LogP contribution in [0.1, 0.15) is 32.6 Å². The van der Waals surface area contributed by atoms with E-state index in [1.807, 2.05) is 0 Å². The molecule has 1 atom stereocenters. The normalized spacial score (nSPS) is 31.0. The van der Waals surface area contributed by atoms with Gasteiger partial charge in [-0.3, -0.25) is 4.79 Å². The lowest BCUT2D eigenvalue weighted by Gasteiger charge is -2.27. The Balaban J connectivity index is 2.26. The lowest BCUT2D eigenvalue weighted by atomic mass is 9.92. The Kier molecular flexibility index (Phi) is 3.69. The van der Waals surface area contributed by atoms with E-state index in [1.54, 1.807) is 0 Å². The van der Waals surface area contributed by atoms with Crippen LogP contribution in [0.25, 0.3) is 0 Å². The highest BCUT2D eigenvalue weighted by molar-refractivity contribution is 5.80. The van der Waals surface area contributed by atoms with E-state index in [-0.39, 0.29) is 11.9 Å². The van der Waals surface area contributed by atoms with E-state index in [0.29, 0.717) is 6.04 Å². The second kappa shape index (κ2) is 4.58. The number of amides is 1. The predicted molar refractivity (Wildman–Crippen MR) is 50.1 cm³/mol. The molecule has 0 radical (unpaired) electrons. The van der Waals surface area contributed by atoms with Crippen LogP contribution in [0.3, 0.4) is 0 Å². The van der Waals surface area contributed by atoms with Crippen LogP contribution in [0, 0.1) is 0 Å². The smallest absolute Gasteiger partial charge is 0.248 e. The second-order valence-corrected chi connectivity index (χ2v) is 3.80. The average Bonchev–Trinajstić information content (AvgIpc) is 2.08. The molecular weight excluding hydrogens is 168 g/mol. The van der Waals surface area contributed by atoms with Crippen LogP contribution < -0.4 is 11.1 Å². The summed E-state index contributed by atoms with van der Waals surface area (Å²) in [5.74, 6) is -0.277. The molecule has 1 aliphatic rings. The number of nitrogens with two attached hydrogens (primary N) is 1. The molecule has 1 unspecified atom stereocenters. The van der Waals surface area contributed by atoms with Crippen molar-refractivity contribution in [1.82, 2.24) is 5.32 Å². The maximum absolute atomic E-state index is 11.1. The maximum Gasteiger partial charge on any atom is 0.248 e. The van der Waals surface area contributed by atoms with Crippen molar-refractivity contribution in [2.24, 2.45) is 5.73 Å². The van der Waals surface area contributed by atoms with Gasteiger partial charge in [-0.15, -0.1) is 0 Å². The molecule has 76 valence electrons. The third-order valence-electron chi connectivity index (χ3n) is 2.50. The number of nitrogens with one attached hydrogen (secondary N) is 1. The van der Waals surface area contributed by atoms with Crippen LogP contribution in [0.5, 0.6) is 0 Å². The lowest BCUT2D eigenvalue weighted by Crippen LogP contribution is -2.43. The minimum Gasteiger partial charge on any atom is -0.384 e. The summed E-state index contributed by atoms with van der Waals surface area (Å²) in [6.45, 7) is 1.48. The summed E-state index contributed by atoms with van der Waals surface area (Å²) in [5, 5.41) is 11.8. The molecule has 0 bridgehead atoms. The van der Waals surface area contributed by atoms with Crippen molar-refractivity contribution in [3.63, 3.8) is 0 Å². The third kappa shape index (κ3) is 3.32. The SMILES string of the molecule is CC(O)C(=O)NC1CCC(N)CC1. The van der Waals surface area contributed by atoms with E-state index in [1.165, 1.54) is 6.92 Å². The van der Waals surface area contributed by atoms with Gasteiger partial charge < -0.3 is 16.2 Å². The number of carbonyl (C=O) groups is 1. The summed E-state index contributed by atoms with van der Waals surface area (Å²) < 4.78 is 0. The van der Waals surface area contributed by atoms with Crippen LogP contribution >= 0.6 is 0 Å². The zero-order valence-electron chi connectivity index (χ0n) is 7.99. The molecule has 13 heavy (non-hydrogen) atoms. The summed E-state index contributed by atoms with van der Waals surface area (Å²) in [6.07, 6.45) is 2.88. The number of aliphatic hydroxyl groups is 1. The molecule has 0 aromatic rings. The minimum atomic E-state index is -0.907. The van der Waals surface area contributed by atoms with Crippen molar-refractivity contribution in [1.29, 1.82) is 0 Å². The standard InChI is InChI=1S/C9H18N2O2/c1-6(12)9(13)11-8-4-2-7(10)3-5-8/h6-8,12H,2-5,10H2,1H3,(H,11,13). The first-order chi connectivity index (χ1) is 6.09. The summed E-state index contributed by atoms with van der Waals surface area (Å²) in [6, 6.07) is 0.501. The van der Waals surface area contributed by atoms with Crippen molar-refractivity contribution in [2.75, 3.05) is 0 Å². The van der Waals surface area contributed by atoms with Gasteiger partial charge in [0, 0.05) is 12.1 Å². The molecule has 1 fully saturated rings. The first-order valence-electron chi connectivity index (χ1n) is 4.83. The van der Waals surface area contributed by atoms with Crippen molar-refractivity contribution in [2.45, 2.75) is 50.8 Å². The van der Waals surface area contributed by atoms with E-state index < -0.39 is 6.10 Å². The van der Waals surface area contributed by atoms with Gasteiger partial charge in [0.2, 0.25) is 5.91 Å². The zero-order valence-corrected chi connectivity index (χ0v) is 7.99. The van der Waals surface area contributed by atoms with Crippen molar-refractivity contribution in [3.05, 3.63) is 0 Å². The van der Waals surface area contributed by atoms with Gasteiger partial charge in [0.15, 0.2) is 0 Å². The molecular formula is C9H18N2O2. The van der Waals surface area contributed by atoms with E-state index in [4.69, 9.17) is 10.8 Å². The average molecular weight is 186 g/mol. The first kappa shape index (κ1) is 10.5. The third-order valence-corrected chi connectivity index (χ3v) is 2.50. The maximum atomic E-state index is 11.1. The first-order valence-corrected chi connectivity index (χ1v) is 4.83. The van der Waals surface area contributed by atoms with Gasteiger partial charge >= 0.3 is 0 Å². The van der Waals surface area contributed by atoms with Crippen molar-refractivity contribution in [3.8, 4) is 0 Å². The van der Waals surface area contributed by atoms with Gasteiger partial charge in [0.25, 0.3) is 0 Å². The fourth-order valence-electron chi connectivity index (χ4n) is 1.59. The van der Waals surface area contributed by atoms with Crippen LogP contribution in [0.2, 0.25) is 0 Å². The monoisotopic (exact) mass is 186 g/mol. The summed E-state index contributed by atoms with van der Waals surface area (Å²) >= 11 is 0. The molecule has 0 heterocycles. The van der Waals surface area contributed by atoms with Crippen molar-refractivity contribution >= 4 is 5.91 Å². The number of carbonyl (C=O) groups excluding carboxylic acids is 1. The quantitative estimate of drug-likeness (QED) is 0.557. The van der Waals surface area contributed by atoms with E-state index in [2.05, 4.69) is 5.32 Å². The largest absolute Gasteiger partial charge is 0.384 e. The van der Waals surface area contributed by atoms with Gasteiger partial charge in [0.1, 0.15) is 6.10 Å². The van der Waals surface area contributed by atoms with E-state index >= 15 is 0 Å². The Morgan fingerprint density at radius 3 is 2.46 bits per heavy atom. The molecule has 4 heteroatoms. The Morgan fingerprint density at radius 1 is 1.46 bits per heavy atom. The number of aliphatic hydroxyl groups excluding tert-OH is 1. The predicted octanol–water partition coefficient (Wildman–Crippen LogP) is -0.247. The van der Waals surface area contributed by atoms with Gasteiger partial charge in [0.05, 0.1) is 0 Å². The molecule has 4 nitrogen and oxygen atoms in total. The second-order valence-electron chi connectivity index (χ2n) is 3.80. The zero-order chi connectivity index (χ0) is 9.84. The van der Waals surface area contributed by atoms with Crippen molar-refractivity contribution < 1.29 is 9.90 Å².